The molecule has 1 atom stereocenters. The Balaban J connectivity index is 2.08. The smallest absolute Gasteiger partial charge is 0.289 e. The zero-order valence-corrected chi connectivity index (χ0v) is 15.0. The van der Waals surface area contributed by atoms with Gasteiger partial charge in [0.25, 0.3) is 0 Å². The van der Waals surface area contributed by atoms with E-state index in [0.717, 1.165) is 16.3 Å². The average molecular weight is 363 g/mol. The van der Waals surface area contributed by atoms with E-state index in [4.69, 9.17) is 0 Å². The molecule has 0 amide bonds. The quantitative estimate of drug-likeness (QED) is 0.639. The van der Waals surface area contributed by atoms with E-state index in [-0.39, 0.29) is 12.1 Å². The molecule has 2 rings (SSSR count). The maximum absolute atomic E-state index is 13.0. The normalized spacial score (nSPS) is 18.5. The van der Waals surface area contributed by atoms with Crippen molar-refractivity contribution < 1.29 is 13.2 Å². The van der Waals surface area contributed by atoms with E-state index < -0.39 is 11.9 Å². The lowest BCUT2D eigenvalue weighted by atomic mass is 9.99. The Labute approximate surface area is 152 Å². The fourth-order valence-electron chi connectivity index (χ4n) is 2.90. The second kappa shape index (κ2) is 8.85. The van der Waals surface area contributed by atoms with Crippen LogP contribution in [0.5, 0.6) is 0 Å². The van der Waals surface area contributed by atoms with E-state index in [9.17, 15) is 13.2 Å². The van der Waals surface area contributed by atoms with Crippen molar-refractivity contribution in [3.8, 4) is 0 Å². The number of aromatic nitrogens is 2. The van der Waals surface area contributed by atoms with Gasteiger partial charge in [-0.1, -0.05) is 55.2 Å². The van der Waals surface area contributed by atoms with Crippen molar-refractivity contribution in [2.24, 2.45) is 0 Å². The van der Waals surface area contributed by atoms with Gasteiger partial charge in [0.05, 0.1) is 12.1 Å². The molecule has 1 aromatic heterocycles. The summed E-state index contributed by atoms with van der Waals surface area (Å²) in [5.74, 6) is 0. The number of likely N-dealkylation sites (tertiary alicyclic amines) is 1. The lowest BCUT2D eigenvalue weighted by Crippen LogP contribution is -2.53. The Morgan fingerprint density at radius 3 is 2.50 bits per heavy atom. The van der Waals surface area contributed by atoms with Gasteiger partial charge in [-0.05, 0) is 25.5 Å². The van der Waals surface area contributed by atoms with E-state index >= 15 is 0 Å². The number of hydrogen-bond acceptors (Lipinski definition) is 2. The summed E-state index contributed by atoms with van der Waals surface area (Å²) >= 11 is 0. The van der Waals surface area contributed by atoms with Gasteiger partial charge < -0.3 is 0 Å². The van der Waals surface area contributed by atoms with Gasteiger partial charge in [-0.2, -0.15) is 18.3 Å². The van der Waals surface area contributed by atoms with Crippen LogP contribution in [0.15, 0.2) is 73.0 Å². The Bertz CT molecular complexity index is 717. The highest BCUT2D eigenvalue weighted by Crippen LogP contribution is 2.34. The monoisotopic (exact) mass is 363 g/mol. The number of nitrogens with zero attached hydrogens (tertiary/aromatic N) is 3. The van der Waals surface area contributed by atoms with Crippen LogP contribution < -0.4 is 0 Å². The Hall–Kier alpha value is -2.34. The maximum atomic E-state index is 13.0. The van der Waals surface area contributed by atoms with Gasteiger partial charge in [0.2, 0.25) is 0 Å². The molecule has 1 unspecified atom stereocenters. The molecule has 1 saturated heterocycles. The highest BCUT2D eigenvalue weighted by atomic mass is 19.4. The lowest BCUT2D eigenvalue weighted by Gasteiger charge is -2.44. The molecule has 0 N–H and O–H groups in total. The summed E-state index contributed by atoms with van der Waals surface area (Å²) in [5, 5.41) is 3.87. The predicted molar refractivity (Wildman–Crippen MR) is 98.7 cm³/mol. The summed E-state index contributed by atoms with van der Waals surface area (Å²) in [4.78, 5) is 2.09. The zero-order valence-electron chi connectivity index (χ0n) is 15.0. The highest BCUT2D eigenvalue weighted by molar-refractivity contribution is 5.29. The average Bonchev–Trinajstić information content (AvgIpc) is 3.01. The summed E-state index contributed by atoms with van der Waals surface area (Å²) in [7, 11) is 0. The van der Waals surface area contributed by atoms with E-state index in [1.165, 1.54) is 6.20 Å². The molecule has 1 fully saturated rings. The number of alkyl halides is 3. The molecular weight excluding hydrogens is 339 g/mol. The first-order valence-electron chi connectivity index (χ1n) is 8.51. The van der Waals surface area contributed by atoms with Crippen LogP contribution in [0.25, 0.3) is 0 Å². The molecule has 0 saturated carbocycles. The summed E-state index contributed by atoms with van der Waals surface area (Å²) in [5.41, 5.74) is 0.203. The Morgan fingerprint density at radius 2 is 1.88 bits per heavy atom. The van der Waals surface area contributed by atoms with Crippen molar-refractivity contribution >= 4 is 0 Å². The van der Waals surface area contributed by atoms with Crippen molar-refractivity contribution in [1.29, 1.82) is 0 Å². The summed E-state index contributed by atoms with van der Waals surface area (Å²) in [6.07, 6.45) is 12.3. The first-order valence-corrected chi connectivity index (χ1v) is 8.51. The van der Waals surface area contributed by atoms with Gasteiger partial charge in [0, 0.05) is 19.3 Å². The van der Waals surface area contributed by atoms with Crippen LogP contribution in [0.1, 0.15) is 25.6 Å². The van der Waals surface area contributed by atoms with Gasteiger partial charge in [-0.15, -0.1) is 0 Å². The zero-order chi connectivity index (χ0) is 19.2. The molecule has 140 valence electrons. The van der Waals surface area contributed by atoms with Crippen LogP contribution in [0, 0.1) is 0 Å². The fraction of sp³-hybridized carbons (Fsp3) is 0.350. The molecule has 0 radical (unpaired) electrons. The number of rotatable bonds is 7. The molecule has 6 heteroatoms. The molecule has 0 aliphatic carbocycles. The Morgan fingerprint density at radius 1 is 1.19 bits per heavy atom. The van der Waals surface area contributed by atoms with Crippen LogP contribution in [-0.4, -0.2) is 33.8 Å². The summed E-state index contributed by atoms with van der Waals surface area (Å²) < 4.78 is 40.2. The van der Waals surface area contributed by atoms with Crippen LogP contribution >= 0.6 is 0 Å². The minimum absolute atomic E-state index is 0.0531. The molecule has 0 spiro atoms. The molecule has 3 nitrogen and oxygen atoms in total. The van der Waals surface area contributed by atoms with Crippen molar-refractivity contribution in [2.45, 2.75) is 32.1 Å². The largest absolute Gasteiger partial charge is 0.433 e. The van der Waals surface area contributed by atoms with Gasteiger partial charge in [0.1, 0.15) is 5.69 Å². The van der Waals surface area contributed by atoms with E-state index in [1.54, 1.807) is 0 Å². The molecule has 2 heterocycles. The summed E-state index contributed by atoms with van der Waals surface area (Å²) in [6.45, 7) is 8.93. The second-order valence-corrected chi connectivity index (χ2v) is 6.08. The Kier molecular flexibility index (Phi) is 6.80. The van der Waals surface area contributed by atoms with Gasteiger partial charge in [-0.3, -0.25) is 9.58 Å². The molecule has 26 heavy (non-hydrogen) atoms. The van der Waals surface area contributed by atoms with Crippen molar-refractivity contribution in [3.05, 3.63) is 78.7 Å². The third-order valence-corrected chi connectivity index (χ3v) is 4.17. The van der Waals surface area contributed by atoms with Crippen molar-refractivity contribution in [3.63, 3.8) is 0 Å². The maximum Gasteiger partial charge on any atom is 0.433 e. The molecule has 1 aliphatic rings. The van der Waals surface area contributed by atoms with Crippen LogP contribution in [0.4, 0.5) is 13.2 Å². The fourth-order valence-corrected chi connectivity index (χ4v) is 2.90. The van der Waals surface area contributed by atoms with Gasteiger partial charge >= 0.3 is 6.18 Å². The highest BCUT2D eigenvalue weighted by Gasteiger charge is 2.40. The third kappa shape index (κ3) is 4.85. The molecule has 1 aromatic rings. The van der Waals surface area contributed by atoms with Gasteiger partial charge in [-0.25, -0.2) is 0 Å². The number of halogens is 3. The predicted octanol–water partition coefficient (Wildman–Crippen LogP) is 4.95. The summed E-state index contributed by atoms with van der Waals surface area (Å²) in [6, 6.07) is 0.683. The third-order valence-electron chi connectivity index (χ3n) is 4.17. The minimum Gasteiger partial charge on any atom is -0.289 e. The first-order chi connectivity index (χ1) is 12.4. The first kappa shape index (κ1) is 20.0. The minimum atomic E-state index is -4.39. The van der Waals surface area contributed by atoms with Crippen LogP contribution in [-0.2, 0) is 6.18 Å². The second-order valence-electron chi connectivity index (χ2n) is 6.08. The molecule has 0 aromatic carbocycles. The van der Waals surface area contributed by atoms with E-state index in [0.29, 0.717) is 13.1 Å². The van der Waals surface area contributed by atoms with Gasteiger partial charge in [0.15, 0.2) is 0 Å². The van der Waals surface area contributed by atoms with Crippen molar-refractivity contribution in [2.75, 3.05) is 13.1 Å². The topological polar surface area (TPSA) is 21.1 Å². The standard InChI is InChI=1S/C20H24F3N3/c1-4-6-7-8-9-11-18(16(3)10-5-2)25-14-17(15-25)26-19(12-13-24-26)20(21,22)23/h4-13,17-18H,3,14-15H2,1-2H3/b6-4-,8-7-,10-5-,11-9+. The molecular formula is C20H24F3N3. The lowest BCUT2D eigenvalue weighted by molar-refractivity contribution is -0.146. The van der Waals surface area contributed by atoms with Crippen LogP contribution in [0.3, 0.4) is 0 Å². The van der Waals surface area contributed by atoms with Crippen molar-refractivity contribution in [1.82, 2.24) is 14.7 Å². The number of allylic oxidation sites excluding steroid dienone is 6. The molecule has 0 bridgehead atoms. The van der Waals surface area contributed by atoms with E-state index in [2.05, 4.69) is 16.6 Å². The number of hydrogen-bond donors (Lipinski definition) is 0. The SMILES string of the molecule is C=C(/C=C\C)C(/C=C/C=C\C=C/C)N1CC(n2nccc2C(F)(F)F)C1. The van der Waals surface area contributed by atoms with Crippen LogP contribution in [0.2, 0.25) is 0 Å². The van der Waals surface area contributed by atoms with E-state index in [1.807, 2.05) is 62.5 Å². The molecule has 1 aliphatic heterocycles.